The van der Waals surface area contributed by atoms with Crippen LogP contribution in [-0.2, 0) is 4.74 Å². The van der Waals surface area contributed by atoms with Crippen LogP contribution in [-0.4, -0.2) is 16.2 Å². The largest absolute Gasteiger partial charge is 0.449 e. The molecule has 1 atom stereocenters. The summed E-state index contributed by atoms with van der Waals surface area (Å²) < 4.78 is 16.5. The molecule has 0 N–H and O–H groups in total. The van der Waals surface area contributed by atoms with Gasteiger partial charge in [0.25, 0.3) is 5.89 Å². The maximum absolute atomic E-state index is 12.4. The van der Waals surface area contributed by atoms with Crippen molar-refractivity contribution in [2.75, 3.05) is 0 Å². The first-order chi connectivity index (χ1) is 13.0. The highest BCUT2D eigenvalue weighted by molar-refractivity contribution is 6.31. The molecule has 2 aromatic carbocycles. The summed E-state index contributed by atoms with van der Waals surface area (Å²) >= 11 is 5.95. The van der Waals surface area contributed by atoms with Gasteiger partial charge in [0.1, 0.15) is 5.58 Å². The van der Waals surface area contributed by atoms with Crippen molar-refractivity contribution in [3.8, 4) is 11.5 Å². The first kappa shape index (κ1) is 17.3. The van der Waals surface area contributed by atoms with Crippen LogP contribution in [0.5, 0.6) is 0 Å². The minimum atomic E-state index is -0.721. The summed E-state index contributed by atoms with van der Waals surface area (Å²) in [5, 5.41) is 9.27. The summed E-state index contributed by atoms with van der Waals surface area (Å²) in [6, 6.07) is 14.4. The highest BCUT2D eigenvalue weighted by atomic mass is 35.5. The second kappa shape index (κ2) is 6.89. The van der Waals surface area contributed by atoms with E-state index in [2.05, 4.69) is 10.2 Å². The highest BCUT2D eigenvalue weighted by Crippen LogP contribution is 2.26. The number of benzene rings is 2. The van der Waals surface area contributed by atoms with Gasteiger partial charge in [0.2, 0.25) is 11.7 Å². The Kier molecular flexibility index (Phi) is 4.41. The van der Waals surface area contributed by atoms with Crippen molar-refractivity contribution in [3.63, 3.8) is 0 Å². The first-order valence-corrected chi connectivity index (χ1v) is 8.68. The van der Waals surface area contributed by atoms with Crippen LogP contribution in [0, 0.1) is 6.92 Å². The van der Waals surface area contributed by atoms with E-state index in [9.17, 15) is 4.79 Å². The Balaban J connectivity index is 1.50. The molecule has 4 aromatic rings. The first-order valence-electron chi connectivity index (χ1n) is 8.30. The van der Waals surface area contributed by atoms with E-state index in [1.165, 1.54) is 0 Å². The van der Waals surface area contributed by atoms with Crippen molar-refractivity contribution >= 4 is 28.5 Å². The highest BCUT2D eigenvalue weighted by Gasteiger charge is 2.22. The van der Waals surface area contributed by atoms with Crippen molar-refractivity contribution in [2.45, 2.75) is 20.0 Å². The molecule has 0 radical (unpaired) electrons. The number of hydrogen-bond acceptors (Lipinski definition) is 6. The van der Waals surface area contributed by atoms with E-state index in [0.717, 1.165) is 16.5 Å². The molecule has 136 valence electrons. The van der Waals surface area contributed by atoms with E-state index in [4.69, 9.17) is 25.2 Å². The third-order valence-electron chi connectivity index (χ3n) is 4.05. The van der Waals surface area contributed by atoms with Gasteiger partial charge in [-0.3, -0.25) is 0 Å². The lowest BCUT2D eigenvalue weighted by Crippen LogP contribution is -2.08. The average molecular weight is 383 g/mol. The van der Waals surface area contributed by atoms with Crippen LogP contribution in [0.2, 0.25) is 5.02 Å². The Hall–Kier alpha value is -3.12. The van der Waals surface area contributed by atoms with Gasteiger partial charge in [-0.15, -0.1) is 10.2 Å². The number of ether oxygens (including phenoxy) is 1. The van der Waals surface area contributed by atoms with Crippen LogP contribution in [0.15, 0.2) is 57.4 Å². The number of aromatic nitrogens is 2. The zero-order valence-corrected chi connectivity index (χ0v) is 15.4. The van der Waals surface area contributed by atoms with Gasteiger partial charge in [-0.05, 0) is 50.2 Å². The third-order valence-corrected chi connectivity index (χ3v) is 4.29. The molecule has 0 saturated heterocycles. The summed E-state index contributed by atoms with van der Waals surface area (Å²) in [7, 11) is 0. The minimum Gasteiger partial charge on any atom is -0.449 e. The maximum atomic E-state index is 12.4. The van der Waals surface area contributed by atoms with Gasteiger partial charge < -0.3 is 13.6 Å². The lowest BCUT2D eigenvalue weighted by Gasteiger charge is -2.07. The van der Waals surface area contributed by atoms with Crippen molar-refractivity contribution < 1.29 is 18.4 Å². The lowest BCUT2D eigenvalue weighted by atomic mass is 10.1. The fourth-order valence-electron chi connectivity index (χ4n) is 2.60. The van der Waals surface area contributed by atoms with E-state index in [1.54, 1.807) is 31.2 Å². The normalized spacial score (nSPS) is 12.3. The third kappa shape index (κ3) is 3.57. The number of hydrogen-bond donors (Lipinski definition) is 0. The average Bonchev–Trinajstić information content (AvgIpc) is 3.29. The van der Waals surface area contributed by atoms with Gasteiger partial charge in [0, 0.05) is 16.0 Å². The van der Waals surface area contributed by atoms with E-state index < -0.39 is 12.1 Å². The molecule has 1 unspecified atom stereocenters. The summed E-state index contributed by atoms with van der Waals surface area (Å²) in [4.78, 5) is 12.4. The van der Waals surface area contributed by atoms with E-state index in [-0.39, 0.29) is 11.7 Å². The van der Waals surface area contributed by atoms with Gasteiger partial charge >= 0.3 is 5.97 Å². The Bertz CT molecular complexity index is 1110. The number of fused-ring (bicyclic) bond motifs is 1. The van der Waals surface area contributed by atoms with E-state index in [1.807, 2.05) is 31.2 Å². The molecule has 7 heteroatoms. The number of furan rings is 1. The van der Waals surface area contributed by atoms with Crippen LogP contribution >= 0.6 is 11.6 Å². The number of aryl methyl sites for hydroxylation is 1. The summed E-state index contributed by atoms with van der Waals surface area (Å²) in [5.74, 6) is 0.0339. The molecular weight excluding hydrogens is 368 g/mol. The van der Waals surface area contributed by atoms with Gasteiger partial charge in [-0.2, -0.15) is 0 Å². The zero-order valence-electron chi connectivity index (χ0n) is 14.6. The van der Waals surface area contributed by atoms with Gasteiger partial charge in [0.15, 0.2) is 6.10 Å². The van der Waals surface area contributed by atoms with Crippen LogP contribution in [0.25, 0.3) is 22.4 Å². The summed E-state index contributed by atoms with van der Waals surface area (Å²) in [6.07, 6.45) is -0.721. The molecule has 0 aliphatic heterocycles. The maximum Gasteiger partial charge on any atom is 0.375 e. The molecular formula is C20H15ClN2O4. The summed E-state index contributed by atoms with van der Waals surface area (Å²) in [6.45, 7) is 3.65. The molecule has 4 rings (SSSR count). The van der Waals surface area contributed by atoms with Crippen LogP contribution in [0.1, 0.15) is 35.0 Å². The second-order valence-corrected chi connectivity index (χ2v) is 6.59. The fourth-order valence-corrected chi connectivity index (χ4v) is 2.78. The molecule has 2 aromatic heterocycles. The monoisotopic (exact) mass is 382 g/mol. The Morgan fingerprint density at radius 3 is 2.63 bits per heavy atom. The quantitative estimate of drug-likeness (QED) is 0.442. The zero-order chi connectivity index (χ0) is 19.0. The smallest absolute Gasteiger partial charge is 0.375 e. The molecule has 0 bridgehead atoms. The van der Waals surface area contributed by atoms with E-state index >= 15 is 0 Å². The number of halogens is 1. The number of nitrogens with zero attached hydrogens (tertiary/aromatic N) is 2. The fraction of sp³-hybridized carbons (Fsp3) is 0.150. The number of esters is 1. The predicted octanol–water partition coefficient (Wildman–Crippen LogP) is 5.36. The number of rotatable bonds is 4. The number of carbonyl (C=O) groups excluding carboxylic acids is 1. The molecule has 2 heterocycles. The van der Waals surface area contributed by atoms with Gasteiger partial charge in [-0.25, -0.2) is 4.79 Å². The molecule has 0 fully saturated rings. The molecule has 0 amide bonds. The van der Waals surface area contributed by atoms with Crippen molar-refractivity contribution in [1.82, 2.24) is 10.2 Å². The summed E-state index contributed by atoms with van der Waals surface area (Å²) in [5.41, 5.74) is 2.48. The Morgan fingerprint density at radius 1 is 1.07 bits per heavy atom. The van der Waals surface area contributed by atoms with Crippen LogP contribution < -0.4 is 0 Å². The Labute approximate surface area is 159 Å². The minimum absolute atomic E-state index is 0.0809. The second-order valence-electron chi connectivity index (χ2n) is 6.15. The van der Waals surface area contributed by atoms with Gasteiger partial charge in [-0.1, -0.05) is 29.3 Å². The van der Waals surface area contributed by atoms with Crippen molar-refractivity contribution in [1.29, 1.82) is 0 Å². The van der Waals surface area contributed by atoms with Crippen molar-refractivity contribution in [3.05, 3.63) is 70.8 Å². The SMILES string of the molecule is Cc1ccc(-c2nnc(C(C)OC(=O)c3cc4cc(Cl)ccc4o3)o2)cc1. The molecule has 0 aliphatic carbocycles. The predicted molar refractivity (Wildman–Crippen MR) is 99.5 cm³/mol. The molecule has 0 spiro atoms. The number of carbonyl (C=O) groups is 1. The molecule has 27 heavy (non-hydrogen) atoms. The van der Waals surface area contributed by atoms with Crippen molar-refractivity contribution in [2.24, 2.45) is 0 Å². The van der Waals surface area contributed by atoms with Crippen LogP contribution in [0.3, 0.4) is 0 Å². The topological polar surface area (TPSA) is 78.4 Å². The van der Waals surface area contributed by atoms with Gasteiger partial charge in [0.05, 0.1) is 0 Å². The van der Waals surface area contributed by atoms with Crippen LogP contribution in [0.4, 0.5) is 0 Å². The standard InChI is InChI=1S/C20H15ClN2O4/c1-11-3-5-13(6-4-11)19-23-22-18(27-19)12(2)25-20(24)17-10-14-9-15(21)7-8-16(14)26-17/h3-10,12H,1-2H3. The molecule has 0 saturated carbocycles. The molecule has 0 aliphatic rings. The lowest BCUT2D eigenvalue weighted by molar-refractivity contribution is 0.0247. The molecule has 6 nitrogen and oxygen atoms in total. The Morgan fingerprint density at radius 2 is 1.85 bits per heavy atom. The van der Waals surface area contributed by atoms with E-state index in [0.29, 0.717) is 16.5 Å².